The summed E-state index contributed by atoms with van der Waals surface area (Å²) in [7, 11) is 0. The second kappa shape index (κ2) is 5.71. The fourth-order valence-electron chi connectivity index (χ4n) is 2.84. The van der Waals surface area contributed by atoms with Crippen molar-refractivity contribution in [1.82, 2.24) is 24.5 Å². The molecule has 8 nitrogen and oxygen atoms in total. The molecule has 0 atom stereocenters. The van der Waals surface area contributed by atoms with Crippen molar-refractivity contribution in [3.8, 4) is 0 Å². The molecular formula is C15H16N6O2. The Morgan fingerprint density at radius 1 is 1.35 bits per heavy atom. The molecule has 1 aliphatic heterocycles. The fourth-order valence-corrected chi connectivity index (χ4v) is 2.84. The van der Waals surface area contributed by atoms with E-state index in [1.807, 2.05) is 15.5 Å². The van der Waals surface area contributed by atoms with Crippen molar-refractivity contribution in [1.29, 1.82) is 0 Å². The van der Waals surface area contributed by atoms with Gasteiger partial charge in [0, 0.05) is 31.5 Å². The lowest BCUT2D eigenvalue weighted by Crippen LogP contribution is -2.42. The summed E-state index contributed by atoms with van der Waals surface area (Å²) in [5.74, 6) is 1.07. The molecule has 0 saturated carbocycles. The van der Waals surface area contributed by atoms with Gasteiger partial charge < -0.3 is 14.6 Å². The van der Waals surface area contributed by atoms with Gasteiger partial charge in [-0.15, -0.1) is 10.2 Å². The molecule has 0 aliphatic carbocycles. The number of hydrogen-bond acceptors (Lipinski definition) is 6. The molecule has 1 amide bonds. The summed E-state index contributed by atoms with van der Waals surface area (Å²) in [5.41, 5.74) is 0.710. The van der Waals surface area contributed by atoms with Crippen molar-refractivity contribution in [2.24, 2.45) is 0 Å². The standard InChI is InChI=1S/C15H16N6O2/c22-15(12-2-1-9-23-12)20-6-3-11(4-7-20)18-13-14-19-17-10-21(14)8-5-16-13/h1-2,5,8-11H,3-4,6-7H2,(H,16,18). The van der Waals surface area contributed by atoms with E-state index in [0.29, 0.717) is 24.5 Å². The summed E-state index contributed by atoms with van der Waals surface area (Å²) < 4.78 is 7.00. The second-order valence-corrected chi connectivity index (χ2v) is 5.53. The molecule has 1 fully saturated rings. The van der Waals surface area contributed by atoms with Gasteiger partial charge in [-0.05, 0) is 25.0 Å². The molecule has 0 bridgehead atoms. The van der Waals surface area contributed by atoms with E-state index >= 15 is 0 Å². The molecular weight excluding hydrogens is 296 g/mol. The van der Waals surface area contributed by atoms with Crippen LogP contribution in [0.25, 0.3) is 5.65 Å². The van der Waals surface area contributed by atoms with Crippen LogP contribution in [0.5, 0.6) is 0 Å². The molecule has 0 unspecified atom stereocenters. The summed E-state index contributed by atoms with van der Waals surface area (Å²) in [4.78, 5) is 18.4. The summed E-state index contributed by atoms with van der Waals surface area (Å²) in [6, 6.07) is 3.68. The van der Waals surface area contributed by atoms with Crippen LogP contribution in [0.2, 0.25) is 0 Å². The molecule has 23 heavy (non-hydrogen) atoms. The second-order valence-electron chi connectivity index (χ2n) is 5.53. The van der Waals surface area contributed by atoms with Crippen molar-refractivity contribution in [3.05, 3.63) is 42.9 Å². The summed E-state index contributed by atoms with van der Waals surface area (Å²) in [6.45, 7) is 1.38. The summed E-state index contributed by atoms with van der Waals surface area (Å²) >= 11 is 0. The number of aromatic nitrogens is 4. The third-order valence-corrected chi connectivity index (χ3v) is 4.07. The van der Waals surface area contributed by atoms with Crippen LogP contribution in [0, 0.1) is 0 Å². The molecule has 1 N–H and O–H groups in total. The molecule has 3 aromatic rings. The topological polar surface area (TPSA) is 88.6 Å². The molecule has 4 heterocycles. The average Bonchev–Trinajstić information content (AvgIpc) is 3.27. The fraction of sp³-hybridized carbons (Fsp3) is 0.333. The highest BCUT2D eigenvalue weighted by Gasteiger charge is 2.25. The Balaban J connectivity index is 1.40. The number of nitrogens with zero attached hydrogens (tertiary/aromatic N) is 5. The molecule has 1 saturated heterocycles. The van der Waals surface area contributed by atoms with Gasteiger partial charge in [0.25, 0.3) is 5.91 Å². The monoisotopic (exact) mass is 312 g/mol. The molecule has 4 rings (SSSR count). The van der Waals surface area contributed by atoms with E-state index in [-0.39, 0.29) is 11.9 Å². The first-order valence-corrected chi connectivity index (χ1v) is 7.55. The number of amides is 1. The maximum atomic E-state index is 12.2. The zero-order valence-electron chi connectivity index (χ0n) is 12.4. The lowest BCUT2D eigenvalue weighted by molar-refractivity contribution is 0.0686. The van der Waals surface area contributed by atoms with Gasteiger partial charge in [-0.2, -0.15) is 0 Å². The number of likely N-dealkylation sites (tertiary alicyclic amines) is 1. The van der Waals surface area contributed by atoms with Gasteiger partial charge in [0.2, 0.25) is 5.65 Å². The molecule has 0 spiro atoms. The van der Waals surface area contributed by atoms with E-state index in [1.54, 1.807) is 24.7 Å². The van der Waals surface area contributed by atoms with Crippen LogP contribution >= 0.6 is 0 Å². The van der Waals surface area contributed by atoms with E-state index in [4.69, 9.17) is 4.42 Å². The van der Waals surface area contributed by atoms with E-state index in [1.165, 1.54) is 6.26 Å². The molecule has 0 radical (unpaired) electrons. The highest BCUT2D eigenvalue weighted by molar-refractivity contribution is 5.91. The number of carbonyl (C=O) groups is 1. The first-order valence-electron chi connectivity index (χ1n) is 7.55. The Morgan fingerprint density at radius 3 is 3.00 bits per heavy atom. The van der Waals surface area contributed by atoms with Crippen molar-refractivity contribution in [3.63, 3.8) is 0 Å². The Morgan fingerprint density at radius 2 is 2.22 bits per heavy atom. The number of rotatable bonds is 3. The normalized spacial score (nSPS) is 15.9. The van der Waals surface area contributed by atoms with Crippen molar-refractivity contribution < 1.29 is 9.21 Å². The Hall–Kier alpha value is -2.90. The Labute approximate surface area is 132 Å². The first kappa shape index (κ1) is 13.7. The first-order chi connectivity index (χ1) is 11.3. The van der Waals surface area contributed by atoms with Gasteiger partial charge in [0.15, 0.2) is 11.6 Å². The molecule has 118 valence electrons. The smallest absolute Gasteiger partial charge is 0.289 e. The van der Waals surface area contributed by atoms with Crippen LogP contribution in [0.15, 0.2) is 41.5 Å². The zero-order chi connectivity index (χ0) is 15.6. The predicted octanol–water partition coefficient (Wildman–Crippen LogP) is 1.43. The van der Waals surface area contributed by atoms with Crippen LogP contribution < -0.4 is 5.32 Å². The zero-order valence-corrected chi connectivity index (χ0v) is 12.4. The quantitative estimate of drug-likeness (QED) is 0.787. The summed E-state index contributed by atoms with van der Waals surface area (Å²) in [5, 5.41) is 11.4. The summed E-state index contributed by atoms with van der Waals surface area (Å²) in [6.07, 6.45) is 8.39. The molecule has 1 aliphatic rings. The minimum absolute atomic E-state index is 0.0499. The van der Waals surface area contributed by atoms with Crippen molar-refractivity contribution in [2.75, 3.05) is 18.4 Å². The van der Waals surface area contributed by atoms with Gasteiger partial charge in [-0.25, -0.2) is 4.98 Å². The SMILES string of the molecule is O=C(c1ccco1)N1CCC(Nc2nccn3cnnc23)CC1. The van der Waals surface area contributed by atoms with E-state index in [9.17, 15) is 4.79 Å². The molecule has 3 aromatic heterocycles. The lowest BCUT2D eigenvalue weighted by atomic mass is 10.0. The number of anilines is 1. The molecule has 0 aromatic carbocycles. The maximum Gasteiger partial charge on any atom is 0.289 e. The highest BCUT2D eigenvalue weighted by Crippen LogP contribution is 2.19. The number of hydrogen-bond donors (Lipinski definition) is 1. The predicted molar refractivity (Wildman–Crippen MR) is 82.0 cm³/mol. The number of piperidine rings is 1. The number of nitrogens with one attached hydrogen (secondary N) is 1. The Bertz CT molecular complexity index is 804. The minimum Gasteiger partial charge on any atom is -0.459 e. The lowest BCUT2D eigenvalue weighted by Gasteiger charge is -2.32. The highest BCUT2D eigenvalue weighted by atomic mass is 16.3. The number of fused-ring (bicyclic) bond motifs is 1. The third-order valence-electron chi connectivity index (χ3n) is 4.07. The number of carbonyl (C=O) groups excluding carboxylic acids is 1. The van der Waals surface area contributed by atoms with Gasteiger partial charge in [-0.1, -0.05) is 0 Å². The average molecular weight is 312 g/mol. The largest absolute Gasteiger partial charge is 0.459 e. The maximum absolute atomic E-state index is 12.2. The van der Waals surface area contributed by atoms with Crippen LogP contribution in [0.1, 0.15) is 23.4 Å². The minimum atomic E-state index is -0.0499. The van der Waals surface area contributed by atoms with Gasteiger partial charge in [0.1, 0.15) is 6.33 Å². The van der Waals surface area contributed by atoms with E-state index in [0.717, 1.165) is 18.7 Å². The van der Waals surface area contributed by atoms with E-state index < -0.39 is 0 Å². The van der Waals surface area contributed by atoms with Gasteiger partial charge in [-0.3, -0.25) is 9.20 Å². The van der Waals surface area contributed by atoms with Gasteiger partial charge in [0.05, 0.1) is 6.26 Å². The molecule has 8 heteroatoms. The van der Waals surface area contributed by atoms with Crippen LogP contribution in [-0.2, 0) is 0 Å². The van der Waals surface area contributed by atoms with Crippen LogP contribution in [-0.4, -0.2) is 49.5 Å². The van der Waals surface area contributed by atoms with Crippen LogP contribution in [0.4, 0.5) is 5.82 Å². The number of furan rings is 1. The van der Waals surface area contributed by atoms with Crippen molar-refractivity contribution >= 4 is 17.4 Å². The third kappa shape index (κ3) is 2.63. The van der Waals surface area contributed by atoms with Crippen LogP contribution in [0.3, 0.4) is 0 Å². The Kier molecular flexibility index (Phi) is 3.41. The van der Waals surface area contributed by atoms with E-state index in [2.05, 4.69) is 20.5 Å². The van der Waals surface area contributed by atoms with Crippen molar-refractivity contribution in [2.45, 2.75) is 18.9 Å². The van der Waals surface area contributed by atoms with Gasteiger partial charge >= 0.3 is 0 Å².